The van der Waals surface area contributed by atoms with E-state index in [-0.39, 0.29) is 26.1 Å². The molecule has 10 heteroatoms. The Morgan fingerprint density at radius 3 is 1.49 bits per heavy atom. The Morgan fingerprint density at radius 2 is 0.968 bits per heavy atom. The number of ether oxygens (including phenoxy) is 4. The van der Waals surface area contributed by atoms with E-state index in [1.165, 1.54) is 122 Å². The van der Waals surface area contributed by atoms with Crippen molar-refractivity contribution in [3.63, 3.8) is 0 Å². The van der Waals surface area contributed by atoms with Gasteiger partial charge in [0.2, 0.25) is 0 Å². The van der Waals surface area contributed by atoms with Crippen LogP contribution < -0.4 is 0 Å². The number of carbonyl (C=O) groups excluding carboxylic acids is 2. The highest BCUT2D eigenvalue weighted by molar-refractivity contribution is 5.70. The van der Waals surface area contributed by atoms with Gasteiger partial charge >= 0.3 is 11.9 Å². The van der Waals surface area contributed by atoms with Gasteiger partial charge in [0.1, 0.15) is 31.0 Å². The average Bonchev–Trinajstić information content (AvgIpc) is 3.28. The van der Waals surface area contributed by atoms with Gasteiger partial charge in [0.15, 0.2) is 12.4 Å². The maximum atomic E-state index is 12.8. The number of aliphatic hydroxyl groups is 4. The normalized spacial score (nSPS) is 19.4. The van der Waals surface area contributed by atoms with E-state index in [4.69, 9.17) is 18.9 Å². The van der Waals surface area contributed by atoms with Crippen LogP contribution in [0.25, 0.3) is 0 Å². The molecule has 1 fully saturated rings. The monoisotopic (exact) mass is 891 g/mol. The van der Waals surface area contributed by atoms with Crippen LogP contribution in [0.5, 0.6) is 0 Å². The molecule has 1 saturated heterocycles. The van der Waals surface area contributed by atoms with Crippen molar-refractivity contribution in [2.45, 2.75) is 263 Å². The van der Waals surface area contributed by atoms with Crippen LogP contribution in [-0.4, -0.2) is 89.0 Å². The van der Waals surface area contributed by atoms with E-state index in [1.807, 2.05) is 0 Å². The number of unbranched alkanes of at least 4 members (excludes halogenated alkanes) is 26. The van der Waals surface area contributed by atoms with Gasteiger partial charge in [0, 0.05) is 12.8 Å². The first-order valence-corrected chi connectivity index (χ1v) is 25.8. The molecule has 1 heterocycles. The van der Waals surface area contributed by atoms with Gasteiger partial charge in [-0.1, -0.05) is 167 Å². The van der Waals surface area contributed by atoms with E-state index in [1.54, 1.807) is 0 Å². The fourth-order valence-corrected chi connectivity index (χ4v) is 7.66. The molecule has 0 saturated carbocycles. The van der Waals surface area contributed by atoms with Crippen molar-refractivity contribution in [1.82, 2.24) is 0 Å². The molecule has 0 bridgehead atoms. The Morgan fingerprint density at radius 1 is 0.524 bits per heavy atom. The number of hydrogen-bond donors (Lipinski definition) is 4. The zero-order valence-electron chi connectivity index (χ0n) is 40.1. The van der Waals surface area contributed by atoms with E-state index in [0.29, 0.717) is 12.8 Å². The molecule has 0 amide bonds. The van der Waals surface area contributed by atoms with Gasteiger partial charge in [0.25, 0.3) is 0 Å². The smallest absolute Gasteiger partial charge is 0.306 e. The summed E-state index contributed by atoms with van der Waals surface area (Å²) in [7, 11) is 0. The summed E-state index contributed by atoms with van der Waals surface area (Å²) in [5.41, 5.74) is 3.30. The maximum Gasteiger partial charge on any atom is 0.306 e. The molecule has 0 aromatic rings. The predicted octanol–water partition coefficient (Wildman–Crippen LogP) is 12.0. The summed E-state index contributed by atoms with van der Waals surface area (Å²) in [6.07, 6.45) is 42.3. The third-order valence-electron chi connectivity index (χ3n) is 11.7. The van der Waals surface area contributed by atoms with Crippen LogP contribution in [0.1, 0.15) is 226 Å². The van der Waals surface area contributed by atoms with Crippen LogP contribution in [0.15, 0.2) is 42.2 Å². The van der Waals surface area contributed by atoms with Crippen LogP contribution in [0.3, 0.4) is 0 Å². The number of aliphatic hydroxyl groups excluding tert-OH is 4. The predicted molar refractivity (Wildman–Crippen MR) is 255 cm³/mol. The summed E-state index contributed by atoms with van der Waals surface area (Å²) in [6, 6.07) is 0. The largest absolute Gasteiger partial charge is 0.462 e. The summed E-state index contributed by atoms with van der Waals surface area (Å²) >= 11 is 0. The topological polar surface area (TPSA) is 152 Å². The first kappa shape index (κ1) is 58.7. The third kappa shape index (κ3) is 34.7. The number of carbonyl (C=O) groups is 2. The lowest BCUT2D eigenvalue weighted by molar-refractivity contribution is -0.305. The molecular weight excluding hydrogens is 797 g/mol. The van der Waals surface area contributed by atoms with Gasteiger partial charge in [-0.3, -0.25) is 9.59 Å². The second-order valence-electron chi connectivity index (χ2n) is 17.7. The van der Waals surface area contributed by atoms with E-state index >= 15 is 0 Å². The Hall–Kier alpha value is -2.30. The average molecular weight is 891 g/mol. The van der Waals surface area contributed by atoms with Crippen LogP contribution in [-0.2, 0) is 28.5 Å². The Bertz CT molecular complexity index is 1180. The number of esters is 2. The molecule has 4 N–H and O–H groups in total. The Balaban J connectivity index is 2.28. The molecule has 366 valence electrons. The molecule has 2 unspecified atom stereocenters. The van der Waals surface area contributed by atoms with E-state index in [2.05, 4.69) is 56.0 Å². The third-order valence-corrected chi connectivity index (χ3v) is 11.7. The van der Waals surface area contributed by atoms with Crippen LogP contribution in [0.4, 0.5) is 0 Å². The lowest BCUT2D eigenvalue weighted by Crippen LogP contribution is -2.59. The number of allylic oxidation sites excluding steroid dienone is 5. The second kappa shape index (κ2) is 43.6. The minimum atomic E-state index is -1.61. The maximum absolute atomic E-state index is 12.8. The van der Waals surface area contributed by atoms with Crippen molar-refractivity contribution in [1.29, 1.82) is 0 Å². The molecule has 0 spiro atoms. The lowest BCUT2D eigenvalue weighted by Gasteiger charge is -2.39. The fourth-order valence-electron chi connectivity index (χ4n) is 7.66. The van der Waals surface area contributed by atoms with Gasteiger partial charge in [0.05, 0.1) is 13.2 Å². The van der Waals surface area contributed by atoms with Gasteiger partial charge < -0.3 is 39.4 Å². The summed E-state index contributed by atoms with van der Waals surface area (Å²) in [5.74, 6) is -0.873. The molecule has 6 atom stereocenters. The highest BCUT2D eigenvalue weighted by Crippen LogP contribution is 2.23. The molecule has 1 rings (SSSR count). The fraction of sp³-hybridized carbons (Fsp3) is 0.830. The summed E-state index contributed by atoms with van der Waals surface area (Å²) in [5, 5.41) is 40.2. The zero-order chi connectivity index (χ0) is 45.9. The summed E-state index contributed by atoms with van der Waals surface area (Å²) in [4.78, 5) is 25.4. The zero-order valence-corrected chi connectivity index (χ0v) is 40.1. The van der Waals surface area contributed by atoms with Gasteiger partial charge in [-0.25, -0.2) is 0 Å². The van der Waals surface area contributed by atoms with E-state index < -0.39 is 55.4 Å². The molecule has 10 nitrogen and oxygen atoms in total. The minimum absolute atomic E-state index is 0.201. The molecular formula is C53H94O10. The standard InChI is InChI=1S/C53H94O10/c1-3-5-7-9-11-13-15-17-19-20-21-22-23-24-25-26-28-29-31-33-35-37-39-41-48(55)60-44-46(45-61-53-52(59)51(58)50(57)47(43-54)63-53)62-49(56)42-40-38-36-34-32-30-27-18-16-14-12-10-8-6-4-2/h16,26-28,33,35,46-47,50-54,57-59H,3-15,17,19-25,29-32,34,36-45H2,1-2H3/b28-26+,35-33+/t18?,46-,47-,50+,51?,52?,53-/m0/s1. The van der Waals surface area contributed by atoms with Crippen molar-refractivity contribution in [2.75, 3.05) is 19.8 Å². The van der Waals surface area contributed by atoms with Crippen molar-refractivity contribution < 1.29 is 49.0 Å². The lowest BCUT2D eigenvalue weighted by atomic mass is 9.99. The molecule has 0 aromatic carbocycles. The highest BCUT2D eigenvalue weighted by Gasteiger charge is 2.44. The van der Waals surface area contributed by atoms with E-state index in [9.17, 15) is 30.0 Å². The van der Waals surface area contributed by atoms with Crippen LogP contribution >= 0.6 is 0 Å². The quantitative estimate of drug-likeness (QED) is 0.0201. The van der Waals surface area contributed by atoms with Crippen molar-refractivity contribution in [3.05, 3.63) is 42.2 Å². The van der Waals surface area contributed by atoms with Gasteiger partial charge in [-0.2, -0.15) is 0 Å². The molecule has 0 aromatic heterocycles. The van der Waals surface area contributed by atoms with Crippen molar-refractivity contribution in [3.8, 4) is 0 Å². The minimum Gasteiger partial charge on any atom is -0.462 e. The summed E-state index contributed by atoms with van der Waals surface area (Å²) < 4.78 is 22.2. The Labute approximate surface area is 384 Å². The Kier molecular flexibility index (Phi) is 40.6. The van der Waals surface area contributed by atoms with Gasteiger partial charge in [-0.15, -0.1) is 5.73 Å². The molecule has 1 aliphatic heterocycles. The first-order chi connectivity index (χ1) is 30.8. The first-order valence-electron chi connectivity index (χ1n) is 25.8. The number of rotatable bonds is 43. The van der Waals surface area contributed by atoms with Crippen LogP contribution in [0.2, 0.25) is 0 Å². The molecule has 1 aliphatic rings. The SMILES string of the molecule is CCCCCCCC=C=CCCCCCCCC(=O)O[C@@H](COC(=O)CCC/C=C/CC/C=C/CCCCCCCCCCCCCCCC)CO[C@H]1O[C@@H](CO)[C@@H](O)C(O)C1O. The van der Waals surface area contributed by atoms with Crippen molar-refractivity contribution in [2.24, 2.45) is 0 Å². The molecule has 63 heavy (non-hydrogen) atoms. The van der Waals surface area contributed by atoms with Crippen LogP contribution in [0, 0.1) is 0 Å². The second-order valence-corrected chi connectivity index (χ2v) is 17.7. The molecule has 0 aliphatic carbocycles. The van der Waals surface area contributed by atoms with Crippen molar-refractivity contribution >= 4 is 11.9 Å². The summed E-state index contributed by atoms with van der Waals surface area (Å²) in [6.45, 7) is 3.37. The van der Waals surface area contributed by atoms with Gasteiger partial charge in [-0.05, 0) is 82.8 Å². The highest BCUT2D eigenvalue weighted by atomic mass is 16.7. The van der Waals surface area contributed by atoms with E-state index in [0.717, 1.165) is 64.2 Å². The number of hydrogen-bond acceptors (Lipinski definition) is 10. The molecule has 0 radical (unpaired) electrons.